The van der Waals surface area contributed by atoms with Gasteiger partial charge in [-0.3, -0.25) is 0 Å². The average Bonchev–Trinajstić information content (AvgIpc) is 2.39. The van der Waals surface area contributed by atoms with Crippen LogP contribution >= 0.6 is 0 Å². The van der Waals surface area contributed by atoms with Gasteiger partial charge in [0.25, 0.3) is 0 Å². The summed E-state index contributed by atoms with van der Waals surface area (Å²) in [4.78, 5) is 0. The lowest BCUT2D eigenvalue weighted by Gasteiger charge is -2.41. The van der Waals surface area contributed by atoms with Crippen molar-refractivity contribution in [2.45, 2.75) is 79.5 Å². The second kappa shape index (κ2) is 8.37. The van der Waals surface area contributed by atoms with E-state index in [0.717, 1.165) is 35.5 Å². The van der Waals surface area contributed by atoms with E-state index in [1.807, 2.05) is 0 Å². The van der Waals surface area contributed by atoms with Crippen molar-refractivity contribution in [2.24, 2.45) is 35.5 Å². The van der Waals surface area contributed by atoms with Gasteiger partial charge in [-0.15, -0.1) is 0 Å². The zero-order valence-corrected chi connectivity index (χ0v) is 14.4. The molecule has 0 saturated heterocycles. The van der Waals surface area contributed by atoms with E-state index in [1.54, 1.807) is 0 Å². The van der Waals surface area contributed by atoms with Crippen molar-refractivity contribution in [3.63, 3.8) is 0 Å². The summed E-state index contributed by atoms with van der Waals surface area (Å²) in [6.07, 6.45) is 10.1. The van der Waals surface area contributed by atoms with Crippen molar-refractivity contribution in [3.8, 4) is 0 Å². The summed E-state index contributed by atoms with van der Waals surface area (Å²) in [6.45, 7) is 12.3. The SMILES string of the molecule is BCCCC(C)C(C)C(C)CCCC1C(C)CC1C. The van der Waals surface area contributed by atoms with Crippen LogP contribution in [0.1, 0.15) is 73.1 Å². The van der Waals surface area contributed by atoms with E-state index < -0.39 is 0 Å². The molecule has 1 aliphatic rings. The Bertz CT molecular complexity index is 230. The minimum Gasteiger partial charge on any atom is -0.0810 e. The third-order valence-electron chi connectivity index (χ3n) is 6.21. The minimum absolute atomic E-state index is 0.905. The fourth-order valence-corrected chi connectivity index (χ4v) is 4.16. The van der Waals surface area contributed by atoms with Gasteiger partial charge >= 0.3 is 0 Å². The van der Waals surface area contributed by atoms with Crippen LogP contribution in [0.3, 0.4) is 0 Å². The molecule has 0 spiro atoms. The van der Waals surface area contributed by atoms with E-state index in [1.165, 1.54) is 44.8 Å². The second-order valence-electron chi connectivity index (χ2n) is 7.74. The van der Waals surface area contributed by atoms with Gasteiger partial charge in [0.1, 0.15) is 7.85 Å². The molecule has 0 aromatic heterocycles. The molecular formula is C18H37B. The summed E-state index contributed by atoms with van der Waals surface area (Å²) in [5, 5.41) is 0. The van der Waals surface area contributed by atoms with E-state index >= 15 is 0 Å². The maximum Gasteiger partial charge on any atom is 0.101 e. The highest BCUT2D eigenvalue weighted by Gasteiger charge is 2.33. The fourth-order valence-electron chi connectivity index (χ4n) is 4.16. The highest BCUT2D eigenvalue weighted by atomic mass is 14.4. The van der Waals surface area contributed by atoms with E-state index in [4.69, 9.17) is 0 Å². The van der Waals surface area contributed by atoms with Crippen molar-refractivity contribution in [1.82, 2.24) is 0 Å². The molecule has 0 radical (unpaired) electrons. The van der Waals surface area contributed by atoms with Gasteiger partial charge in [-0.05, 0) is 48.3 Å². The monoisotopic (exact) mass is 264 g/mol. The molecule has 1 rings (SSSR count). The van der Waals surface area contributed by atoms with Gasteiger partial charge < -0.3 is 0 Å². The lowest BCUT2D eigenvalue weighted by molar-refractivity contribution is 0.0867. The summed E-state index contributed by atoms with van der Waals surface area (Å²) in [6, 6.07) is 0. The smallest absolute Gasteiger partial charge is 0.0810 e. The van der Waals surface area contributed by atoms with Crippen LogP contribution in [0.4, 0.5) is 0 Å². The van der Waals surface area contributed by atoms with Gasteiger partial charge in [-0.2, -0.15) is 0 Å². The quantitative estimate of drug-likeness (QED) is 0.503. The predicted octanol–water partition coefficient (Wildman–Crippen LogP) is 5.19. The molecule has 0 aromatic carbocycles. The van der Waals surface area contributed by atoms with Crippen LogP contribution in [0.25, 0.3) is 0 Å². The fraction of sp³-hybridized carbons (Fsp3) is 1.00. The average molecular weight is 264 g/mol. The van der Waals surface area contributed by atoms with Crippen LogP contribution in [0.2, 0.25) is 6.32 Å². The van der Waals surface area contributed by atoms with Gasteiger partial charge in [0, 0.05) is 0 Å². The van der Waals surface area contributed by atoms with Gasteiger partial charge in [0.05, 0.1) is 0 Å². The Morgan fingerprint density at radius 3 is 1.95 bits per heavy atom. The first-order valence-electron chi connectivity index (χ1n) is 8.97. The molecule has 0 aliphatic heterocycles. The van der Waals surface area contributed by atoms with E-state index in [0.29, 0.717) is 0 Å². The Morgan fingerprint density at radius 1 is 0.947 bits per heavy atom. The predicted molar refractivity (Wildman–Crippen MR) is 90.4 cm³/mol. The third-order valence-corrected chi connectivity index (χ3v) is 6.21. The zero-order chi connectivity index (χ0) is 14.4. The van der Waals surface area contributed by atoms with Crippen LogP contribution < -0.4 is 0 Å². The van der Waals surface area contributed by atoms with Gasteiger partial charge in [-0.25, -0.2) is 0 Å². The molecule has 1 aliphatic carbocycles. The number of rotatable bonds is 9. The Kier molecular flexibility index (Phi) is 7.54. The standard InChI is InChI=1S/C18H37B/c1-13(17(5)14(2)9-7-11-19)8-6-10-18-15(3)12-16(18)4/h13-18H,6-12,19H2,1-5H3. The number of hydrogen-bond donors (Lipinski definition) is 0. The first-order valence-corrected chi connectivity index (χ1v) is 8.97. The molecule has 0 bridgehead atoms. The normalized spacial score (nSPS) is 31.5. The highest BCUT2D eigenvalue weighted by Crippen LogP contribution is 2.43. The summed E-state index contributed by atoms with van der Waals surface area (Å²) in [5.41, 5.74) is 0. The first-order chi connectivity index (χ1) is 8.97. The third kappa shape index (κ3) is 5.16. The molecule has 1 heteroatoms. The summed E-state index contributed by atoms with van der Waals surface area (Å²) >= 11 is 0. The van der Waals surface area contributed by atoms with Crippen LogP contribution in [0.15, 0.2) is 0 Å². The van der Waals surface area contributed by atoms with Crippen LogP contribution in [-0.2, 0) is 0 Å². The lowest BCUT2D eigenvalue weighted by atomic mass is 9.64. The van der Waals surface area contributed by atoms with E-state index in [-0.39, 0.29) is 0 Å². The second-order valence-corrected chi connectivity index (χ2v) is 7.74. The molecule has 0 N–H and O–H groups in total. The van der Waals surface area contributed by atoms with Gasteiger partial charge in [-0.1, -0.05) is 66.6 Å². The molecule has 1 fully saturated rings. The first kappa shape index (κ1) is 17.1. The molecule has 5 unspecified atom stereocenters. The van der Waals surface area contributed by atoms with Crippen molar-refractivity contribution in [1.29, 1.82) is 0 Å². The molecule has 1 saturated carbocycles. The maximum absolute atomic E-state index is 2.49. The molecule has 0 nitrogen and oxygen atoms in total. The molecule has 0 amide bonds. The van der Waals surface area contributed by atoms with E-state index in [9.17, 15) is 0 Å². The summed E-state index contributed by atoms with van der Waals surface area (Å²) in [7, 11) is 2.31. The van der Waals surface area contributed by atoms with Crippen LogP contribution in [0, 0.1) is 35.5 Å². The molecule has 0 aromatic rings. The Morgan fingerprint density at radius 2 is 1.47 bits per heavy atom. The summed E-state index contributed by atoms with van der Waals surface area (Å²) in [5.74, 6) is 5.79. The van der Waals surface area contributed by atoms with Gasteiger partial charge in [0.15, 0.2) is 0 Å². The number of hydrogen-bond acceptors (Lipinski definition) is 0. The van der Waals surface area contributed by atoms with Crippen molar-refractivity contribution >= 4 is 7.85 Å². The molecule has 112 valence electrons. The largest absolute Gasteiger partial charge is 0.101 e. The topological polar surface area (TPSA) is 0 Å². The molecule has 5 atom stereocenters. The minimum atomic E-state index is 0.905. The Hall–Kier alpha value is 0.0649. The van der Waals surface area contributed by atoms with Crippen molar-refractivity contribution in [2.75, 3.05) is 0 Å². The Balaban J connectivity index is 2.17. The summed E-state index contributed by atoms with van der Waals surface area (Å²) < 4.78 is 0. The zero-order valence-electron chi connectivity index (χ0n) is 14.4. The molecular weight excluding hydrogens is 227 g/mol. The van der Waals surface area contributed by atoms with Crippen LogP contribution in [0.5, 0.6) is 0 Å². The van der Waals surface area contributed by atoms with E-state index in [2.05, 4.69) is 42.5 Å². The Labute approximate surface area is 123 Å². The molecule has 19 heavy (non-hydrogen) atoms. The highest BCUT2D eigenvalue weighted by molar-refractivity contribution is 6.08. The molecule has 0 heterocycles. The van der Waals surface area contributed by atoms with Gasteiger partial charge in [0.2, 0.25) is 0 Å². The lowest BCUT2D eigenvalue weighted by Crippen LogP contribution is -2.32. The van der Waals surface area contributed by atoms with Crippen molar-refractivity contribution in [3.05, 3.63) is 0 Å². The van der Waals surface area contributed by atoms with Crippen molar-refractivity contribution < 1.29 is 0 Å². The van der Waals surface area contributed by atoms with Crippen LogP contribution in [-0.4, -0.2) is 7.85 Å². The maximum atomic E-state index is 2.49.